The Balaban J connectivity index is 0.000000156. The molecule has 0 spiro atoms. The van der Waals surface area contributed by atoms with E-state index >= 15 is 0 Å². The van der Waals surface area contributed by atoms with Crippen LogP contribution in [0, 0.1) is 16.7 Å². The number of hydrogen-bond acceptors (Lipinski definition) is 11. The standard InChI is InChI=1S/C27H29N5O3.C26H28N2O3/c1-26(2,3)23-14-18-12-17(4-6-20(18)32(23)11-8-25-28-30-31-29-25)13-24(33)27(9-10-27)19-5-7-21-22(15-19)35-16-34-21;1-25(2,3)23-14-18-12-17(4-6-20(18)28(23)11-10-27)13-24(29)26(8-9-26)19-5-7-21-22(15-19)31-16-30-21/h4-7,12,14-15H,8-11,13,16H2,1-3H3,(H,28,29,30,31);4-7,12,15,23H,8-9,11,13-14,16H2,1-3H3. The summed E-state index contributed by atoms with van der Waals surface area (Å²) < 4.78 is 24.2. The summed E-state index contributed by atoms with van der Waals surface area (Å²) in [6.45, 7) is 15.0. The average Bonchev–Trinajstić information content (AvgIpc) is 3.82. The van der Waals surface area contributed by atoms with E-state index in [1.54, 1.807) is 0 Å². The number of aromatic amines is 1. The number of nitrogens with zero attached hydrogens (tertiary/aromatic N) is 6. The highest BCUT2D eigenvalue weighted by Crippen LogP contribution is 2.53. The molecule has 0 amide bonds. The number of benzene rings is 4. The molecule has 6 aromatic rings. The lowest BCUT2D eigenvalue weighted by Gasteiger charge is -2.35. The fourth-order valence-corrected chi connectivity index (χ4v) is 10.3. The van der Waals surface area contributed by atoms with Crippen molar-refractivity contribution < 1.29 is 28.5 Å². The molecule has 0 bridgehead atoms. The molecule has 2 saturated carbocycles. The van der Waals surface area contributed by atoms with Gasteiger partial charge in [0.15, 0.2) is 28.8 Å². The van der Waals surface area contributed by atoms with Crippen molar-refractivity contribution in [1.82, 2.24) is 25.2 Å². The minimum absolute atomic E-state index is 0.0241. The molecule has 0 radical (unpaired) electrons. The number of aromatic nitrogens is 5. The van der Waals surface area contributed by atoms with Crippen molar-refractivity contribution >= 4 is 28.2 Å². The van der Waals surface area contributed by atoms with Gasteiger partial charge in [-0.15, -0.1) is 10.2 Å². The second-order valence-corrected chi connectivity index (χ2v) is 20.7. The van der Waals surface area contributed by atoms with Crippen LogP contribution in [0.4, 0.5) is 5.69 Å². The van der Waals surface area contributed by atoms with Crippen LogP contribution < -0.4 is 23.8 Å². The van der Waals surface area contributed by atoms with Gasteiger partial charge in [0.2, 0.25) is 13.6 Å². The highest BCUT2D eigenvalue weighted by atomic mass is 16.7. The third-order valence-corrected chi connectivity index (χ3v) is 14.3. The lowest BCUT2D eigenvalue weighted by atomic mass is 9.84. The van der Waals surface area contributed by atoms with Gasteiger partial charge < -0.3 is 28.4 Å². The van der Waals surface area contributed by atoms with Crippen molar-refractivity contribution in [2.24, 2.45) is 5.41 Å². The second-order valence-electron chi connectivity index (χ2n) is 20.7. The van der Waals surface area contributed by atoms with E-state index in [0.29, 0.717) is 31.6 Å². The van der Waals surface area contributed by atoms with Crippen LogP contribution in [0.1, 0.15) is 107 Å². The zero-order chi connectivity index (χ0) is 46.0. The molecular weight excluding hydrogens is 831 g/mol. The summed E-state index contributed by atoms with van der Waals surface area (Å²) in [7, 11) is 0. The smallest absolute Gasteiger partial charge is 0.231 e. The average molecular weight is 888 g/mol. The van der Waals surface area contributed by atoms with E-state index in [1.165, 1.54) is 11.3 Å². The molecular formula is C53H57N7O6. The molecule has 5 aliphatic rings. The van der Waals surface area contributed by atoms with Gasteiger partial charge in [-0.05, 0) is 114 Å². The highest BCUT2D eigenvalue weighted by Gasteiger charge is 2.52. The maximum absolute atomic E-state index is 13.5. The Morgan fingerprint density at radius 1 is 0.758 bits per heavy atom. The first-order chi connectivity index (χ1) is 31.6. The van der Waals surface area contributed by atoms with Crippen LogP contribution in [0.2, 0.25) is 0 Å². The summed E-state index contributed by atoms with van der Waals surface area (Å²) in [6, 6.07) is 29.4. The predicted octanol–water partition coefficient (Wildman–Crippen LogP) is 8.83. The first kappa shape index (κ1) is 43.2. The topological polar surface area (TPSA) is 157 Å². The third-order valence-electron chi connectivity index (χ3n) is 14.3. The van der Waals surface area contributed by atoms with E-state index in [1.807, 2.05) is 36.4 Å². The monoisotopic (exact) mass is 887 g/mol. The lowest BCUT2D eigenvalue weighted by Crippen LogP contribution is -2.42. The van der Waals surface area contributed by atoms with Gasteiger partial charge in [0, 0.05) is 59.5 Å². The molecule has 5 heterocycles. The number of aryl methyl sites for hydroxylation is 2. The molecule has 1 N–H and O–H groups in total. The molecule has 4 aromatic carbocycles. The van der Waals surface area contributed by atoms with Crippen molar-refractivity contribution in [3.8, 4) is 29.1 Å². The minimum atomic E-state index is -0.400. The molecule has 0 saturated heterocycles. The van der Waals surface area contributed by atoms with Crippen LogP contribution in [0.25, 0.3) is 10.9 Å². The van der Waals surface area contributed by atoms with E-state index in [4.69, 9.17) is 18.9 Å². The van der Waals surface area contributed by atoms with Crippen molar-refractivity contribution in [2.75, 3.05) is 25.0 Å². The number of nitriles is 1. The zero-order valence-electron chi connectivity index (χ0n) is 38.7. The van der Waals surface area contributed by atoms with Gasteiger partial charge in [0.05, 0.1) is 16.9 Å². The van der Waals surface area contributed by atoms with E-state index in [2.05, 4.69) is 120 Å². The number of hydrogen-bond donors (Lipinski definition) is 1. The predicted molar refractivity (Wildman–Crippen MR) is 249 cm³/mol. The van der Waals surface area contributed by atoms with Crippen LogP contribution in [-0.4, -0.2) is 62.9 Å². The molecule has 1 atom stereocenters. The lowest BCUT2D eigenvalue weighted by molar-refractivity contribution is -0.121. The van der Waals surface area contributed by atoms with E-state index in [9.17, 15) is 14.9 Å². The number of carbonyl (C=O) groups excluding carboxylic acids is 2. The Morgan fingerprint density at radius 2 is 1.35 bits per heavy atom. The highest BCUT2D eigenvalue weighted by molar-refractivity contribution is 5.96. The molecule has 66 heavy (non-hydrogen) atoms. The van der Waals surface area contributed by atoms with Gasteiger partial charge >= 0.3 is 0 Å². The van der Waals surface area contributed by atoms with Gasteiger partial charge in [-0.2, -0.15) is 10.5 Å². The number of H-pyrrole nitrogens is 1. The summed E-state index contributed by atoms with van der Waals surface area (Å²) in [6.07, 6.45) is 6.00. The summed E-state index contributed by atoms with van der Waals surface area (Å²) in [4.78, 5) is 29.1. The van der Waals surface area contributed by atoms with Gasteiger partial charge in [-0.3, -0.25) is 9.59 Å². The number of ketones is 2. The van der Waals surface area contributed by atoms with Gasteiger partial charge in [-0.1, -0.05) is 77.1 Å². The fraction of sp³-hybridized carbons (Fsp3) is 0.434. The number of carbonyl (C=O) groups is 2. The van der Waals surface area contributed by atoms with E-state index in [0.717, 1.165) is 100 Å². The Kier molecular flexibility index (Phi) is 10.7. The molecule has 340 valence electrons. The number of anilines is 1. The summed E-state index contributed by atoms with van der Waals surface area (Å²) in [5.74, 6) is 4.21. The Bertz CT molecular complexity index is 2890. The zero-order valence-corrected chi connectivity index (χ0v) is 38.7. The minimum Gasteiger partial charge on any atom is -0.454 e. The van der Waals surface area contributed by atoms with Crippen LogP contribution in [-0.2, 0) is 58.1 Å². The van der Waals surface area contributed by atoms with E-state index in [-0.39, 0.29) is 47.4 Å². The van der Waals surface area contributed by atoms with Crippen molar-refractivity contribution in [1.29, 1.82) is 5.26 Å². The number of rotatable bonds is 12. The molecule has 1 unspecified atom stereocenters. The number of tetrazole rings is 1. The Labute approximate surface area is 385 Å². The van der Waals surface area contributed by atoms with Crippen LogP contribution >= 0.6 is 0 Å². The first-order valence-corrected chi connectivity index (χ1v) is 23.1. The molecule has 13 nitrogen and oxygen atoms in total. The van der Waals surface area contributed by atoms with Gasteiger partial charge in [0.1, 0.15) is 18.1 Å². The van der Waals surface area contributed by atoms with Gasteiger partial charge in [0.25, 0.3) is 0 Å². The first-order valence-electron chi connectivity index (χ1n) is 23.1. The third kappa shape index (κ3) is 8.05. The summed E-state index contributed by atoms with van der Waals surface area (Å²) >= 11 is 0. The number of Topliss-reactive ketones (excluding diaryl/α,β-unsaturated/α-hetero) is 2. The number of nitrogens with one attached hydrogen (secondary N) is 1. The summed E-state index contributed by atoms with van der Waals surface area (Å²) in [5, 5.41) is 24.9. The Morgan fingerprint density at radius 3 is 1.89 bits per heavy atom. The molecule has 11 rings (SSSR count). The fourth-order valence-electron chi connectivity index (χ4n) is 10.3. The number of ether oxygens (including phenoxy) is 4. The van der Waals surface area contributed by atoms with Crippen LogP contribution in [0.3, 0.4) is 0 Å². The van der Waals surface area contributed by atoms with Crippen molar-refractivity contribution in [2.45, 2.75) is 122 Å². The Hall–Kier alpha value is -6.68. The maximum atomic E-state index is 13.5. The van der Waals surface area contributed by atoms with Crippen LogP contribution in [0.15, 0.2) is 78.9 Å². The molecule has 2 fully saturated rings. The molecule has 3 aliphatic heterocycles. The van der Waals surface area contributed by atoms with Crippen LogP contribution in [0.5, 0.6) is 23.0 Å². The second kappa shape index (κ2) is 16.3. The molecule has 13 heteroatoms. The molecule has 2 aromatic heterocycles. The SMILES string of the molecule is CC(C)(C)C1Cc2cc(CC(=O)C3(c4ccc5c(c4)OCO5)CC3)ccc2N1CC#N.CC(C)(C)c1cc2cc(CC(=O)C3(c4ccc5c(c4)OCO5)CC3)ccc2n1CCc1nn[nH]n1. The van der Waals surface area contributed by atoms with Gasteiger partial charge in [-0.25, -0.2) is 0 Å². The molecule has 2 aliphatic carbocycles. The normalized spacial score (nSPS) is 18.1. The van der Waals surface area contributed by atoms with E-state index < -0.39 is 5.41 Å². The largest absolute Gasteiger partial charge is 0.454 e. The summed E-state index contributed by atoms with van der Waals surface area (Å²) in [5.41, 5.74) is 8.23. The maximum Gasteiger partial charge on any atom is 0.231 e. The number of fused-ring (bicyclic) bond motifs is 4. The van der Waals surface area contributed by atoms with Crippen molar-refractivity contribution in [3.05, 3.63) is 118 Å². The quantitative estimate of drug-likeness (QED) is 0.117. The van der Waals surface area contributed by atoms with Crippen molar-refractivity contribution in [3.63, 3.8) is 0 Å².